The minimum Gasteiger partial charge on any atom is -0.316 e. The Kier molecular flexibility index (Phi) is 5.18. The number of nitrogens with one attached hydrogen (secondary N) is 1. The van der Waals surface area contributed by atoms with Crippen LogP contribution in [-0.2, 0) is 6.42 Å². The molecule has 0 amide bonds. The topological polar surface area (TPSA) is 29.9 Å². The van der Waals surface area contributed by atoms with Gasteiger partial charge in [0.1, 0.15) is 0 Å². The Morgan fingerprint density at radius 3 is 2.57 bits per heavy atom. The molecule has 1 aromatic carbocycles. The molecule has 3 nitrogen and oxygen atoms in total. The Labute approximate surface area is 128 Å². The molecule has 114 valence electrons. The van der Waals surface area contributed by atoms with E-state index in [2.05, 4.69) is 62.8 Å². The fraction of sp³-hybridized carbons (Fsp3) is 0.500. The fourth-order valence-corrected chi connectivity index (χ4v) is 2.73. The van der Waals surface area contributed by atoms with Crippen LogP contribution in [0.1, 0.15) is 41.4 Å². The van der Waals surface area contributed by atoms with Gasteiger partial charge in [-0.1, -0.05) is 19.1 Å². The molecule has 0 radical (unpaired) electrons. The van der Waals surface area contributed by atoms with Gasteiger partial charge >= 0.3 is 0 Å². The highest BCUT2D eigenvalue weighted by Gasteiger charge is 2.13. The van der Waals surface area contributed by atoms with Gasteiger partial charge in [-0.3, -0.25) is 0 Å². The van der Waals surface area contributed by atoms with Gasteiger partial charge < -0.3 is 5.32 Å². The van der Waals surface area contributed by atoms with E-state index in [9.17, 15) is 0 Å². The van der Waals surface area contributed by atoms with E-state index in [4.69, 9.17) is 5.10 Å². The number of aromatic nitrogens is 2. The highest BCUT2D eigenvalue weighted by molar-refractivity contribution is 5.45. The second-order valence-corrected chi connectivity index (χ2v) is 5.85. The summed E-state index contributed by atoms with van der Waals surface area (Å²) in [5, 5.41) is 8.24. The zero-order valence-corrected chi connectivity index (χ0v) is 14.0. The standard InChI is InChI=1S/C18H27N3/c1-6-10-19-11-9-17-15(4)20-21(16(17)5)18-12-13(2)7-8-14(18)3/h7-8,12,19H,6,9-11H2,1-5H3. The highest BCUT2D eigenvalue weighted by atomic mass is 15.3. The maximum absolute atomic E-state index is 4.77. The molecule has 1 heterocycles. The van der Waals surface area contributed by atoms with Gasteiger partial charge in [-0.25, -0.2) is 4.68 Å². The molecule has 2 aromatic rings. The average molecular weight is 285 g/mol. The van der Waals surface area contributed by atoms with Crippen molar-refractivity contribution in [3.63, 3.8) is 0 Å². The van der Waals surface area contributed by atoms with Crippen LogP contribution in [0.4, 0.5) is 0 Å². The molecule has 0 unspecified atom stereocenters. The summed E-state index contributed by atoms with van der Waals surface area (Å²) in [7, 11) is 0. The van der Waals surface area contributed by atoms with Crippen LogP contribution in [0.15, 0.2) is 18.2 Å². The maximum atomic E-state index is 4.77. The smallest absolute Gasteiger partial charge is 0.0680 e. The van der Waals surface area contributed by atoms with Crippen LogP contribution in [0, 0.1) is 27.7 Å². The molecule has 0 saturated heterocycles. The van der Waals surface area contributed by atoms with E-state index >= 15 is 0 Å². The van der Waals surface area contributed by atoms with Crippen molar-refractivity contribution in [3.05, 3.63) is 46.3 Å². The predicted octanol–water partition coefficient (Wildman–Crippen LogP) is 3.65. The molecule has 0 saturated carbocycles. The molecule has 1 aromatic heterocycles. The number of aryl methyl sites for hydroxylation is 3. The van der Waals surface area contributed by atoms with Crippen LogP contribution in [0.2, 0.25) is 0 Å². The molecule has 0 atom stereocenters. The lowest BCUT2D eigenvalue weighted by Gasteiger charge is -2.10. The SMILES string of the molecule is CCCNCCc1c(C)nn(-c2cc(C)ccc2C)c1C. The lowest BCUT2D eigenvalue weighted by atomic mass is 10.1. The number of hydrogen-bond donors (Lipinski definition) is 1. The first-order valence-corrected chi connectivity index (χ1v) is 7.88. The van der Waals surface area contributed by atoms with Crippen molar-refractivity contribution in [2.24, 2.45) is 0 Å². The second kappa shape index (κ2) is 6.90. The monoisotopic (exact) mass is 285 g/mol. The van der Waals surface area contributed by atoms with E-state index in [1.165, 1.54) is 34.5 Å². The van der Waals surface area contributed by atoms with Crippen molar-refractivity contribution in [3.8, 4) is 5.69 Å². The first-order chi connectivity index (χ1) is 10.0. The minimum absolute atomic E-state index is 1.02. The maximum Gasteiger partial charge on any atom is 0.0680 e. The van der Waals surface area contributed by atoms with Gasteiger partial charge in [-0.2, -0.15) is 5.10 Å². The summed E-state index contributed by atoms with van der Waals surface area (Å²) < 4.78 is 2.10. The number of rotatable bonds is 6. The van der Waals surface area contributed by atoms with Crippen LogP contribution in [0.5, 0.6) is 0 Å². The van der Waals surface area contributed by atoms with E-state index in [0.29, 0.717) is 0 Å². The Morgan fingerprint density at radius 1 is 1.10 bits per heavy atom. The Morgan fingerprint density at radius 2 is 1.86 bits per heavy atom. The first kappa shape index (κ1) is 15.8. The summed E-state index contributed by atoms with van der Waals surface area (Å²) in [5.74, 6) is 0. The van der Waals surface area contributed by atoms with Crippen LogP contribution in [0.25, 0.3) is 5.69 Å². The Balaban J connectivity index is 2.28. The normalized spacial score (nSPS) is 11.1. The van der Waals surface area contributed by atoms with Gasteiger partial charge in [0.05, 0.1) is 11.4 Å². The summed E-state index contributed by atoms with van der Waals surface area (Å²) in [5.41, 5.74) is 7.52. The van der Waals surface area contributed by atoms with Crippen molar-refractivity contribution in [1.29, 1.82) is 0 Å². The average Bonchev–Trinajstić information content (AvgIpc) is 2.73. The summed E-state index contributed by atoms with van der Waals surface area (Å²) in [6.45, 7) is 12.9. The Bertz CT molecular complexity index is 611. The zero-order chi connectivity index (χ0) is 15.4. The third kappa shape index (κ3) is 3.53. The van der Waals surface area contributed by atoms with Crippen LogP contribution in [0.3, 0.4) is 0 Å². The number of benzene rings is 1. The second-order valence-electron chi connectivity index (χ2n) is 5.85. The molecule has 0 fully saturated rings. The molecule has 0 aliphatic rings. The van der Waals surface area contributed by atoms with Crippen molar-refractivity contribution in [1.82, 2.24) is 15.1 Å². The third-order valence-electron chi connectivity index (χ3n) is 4.01. The van der Waals surface area contributed by atoms with Gasteiger partial charge in [0.15, 0.2) is 0 Å². The van der Waals surface area contributed by atoms with Gasteiger partial charge in [0.2, 0.25) is 0 Å². The summed E-state index contributed by atoms with van der Waals surface area (Å²) in [4.78, 5) is 0. The van der Waals surface area contributed by atoms with Crippen molar-refractivity contribution in [2.75, 3.05) is 13.1 Å². The fourth-order valence-electron chi connectivity index (χ4n) is 2.73. The van der Waals surface area contributed by atoms with E-state index in [1.54, 1.807) is 0 Å². The van der Waals surface area contributed by atoms with E-state index in [-0.39, 0.29) is 0 Å². The molecular weight excluding hydrogens is 258 g/mol. The summed E-state index contributed by atoms with van der Waals surface area (Å²) in [6.07, 6.45) is 2.22. The molecule has 0 bridgehead atoms. The third-order valence-corrected chi connectivity index (χ3v) is 4.01. The highest BCUT2D eigenvalue weighted by Crippen LogP contribution is 2.21. The van der Waals surface area contributed by atoms with Crippen molar-refractivity contribution < 1.29 is 0 Å². The lowest BCUT2D eigenvalue weighted by molar-refractivity contribution is 0.669. The summed E-state index contributed by atoms with van der Waals surface area (Å²) >= 11 is 0. The molecule has 21 heavy (non-hydrogen) atoms. The molecular formula is C18H27N3. The number of nitrogens with zero attached hydrogens (tertiary/aromatic N) is 2. The molecule has 3 heteroatoms. The molecule has 0 aliphatic carbocycles. The zero-order valence-electron chi connectivity index (χ0n) is 14.0. The van der Waals surface area contributed by atoms with Crippen molar-refractivity contribution in [2.45, 2.75) is 47.5 Å². The van der Waals surface area contributed by atoms with E-state index in [0.717, 1.165) is 25.2 Å². The van der Waals surface area contributed by atoms with E-state index < -0.39 is 0 Å². The van der Waals surface area contributed by atoms with Crippen molar-refractivity contribution >= 4 is 0 Å². The van der Waals surface area contributed by atoms with Gasteiger partial charge in [-0.05, 0) is 76.4 Å². The molecule has 1 N–H and O–H groups in total. The molecule has 2 rings (SSSR count). The largest absolute Gasteiger partial charge is 0.316 e. The number of hydrogen-bond acceptors (Lipinski definition) is 2. The summed E-state index contributed by atoms with van der Waals surface area (Å²) in [6, 6.07) is 6.54. The van der Waals surface area contributed by atoms with Gasteiger partial charge in [-0.15, -0.1) is 0 Å². The molecule has 0 spiro atoms. The Hall–Kier alpha value is -1.61. The molecule has 0 aliphatic heterocycles. The van der Waals surface area contributed by atoms with Gasteiger partial charge in [0.25, 0.3) is 0 Å². The van der Waals surface area contributed by atoms with Crippen LogP contribution in [-0.4, -0.2) is 22.9 Å². The van der Waals surface area contributed by atoms with Crippen LogP contribution < -0.4 is 5.32 Å². The quantitative estimate of drug-likeness (QED) is 0.821. The minimum atomic E-state index is 1.02. The lowest BCUT2D eigenvalue weighted by Crippen LogP contribution is -2.18. The van der Waals surface area contributed by atoms with E-state index in [1.807, 2.05) is 0 Å². The predicted molar refractivity (Wildman–Crippen MR) is 89.4 cm³/mol. The van der Waals surface area contributed by atoms with Gasteiger partial charge in [0, 0.05) is 5.69 Å². The van der Waals surface area contributed by atoms with Crippen LogP contribution >= 0.6 is 0 Å². The first-order valence-electron chi connectivity index (χ1n) is 7.88.